The fraction of sp³-hybridized carbons (Fsp3) is 0.238. The Kier molecular flexibility index (Phi) is 4.77. The van der Waals surface area contributed by atoms with Crippen molar-refractivity contribution in [3.05, 3.63) is 65.4 Å². The number of nitrogens with zero attached hydrogens (tertiary/aromatic N) is 1. The first-order valence-corrected chi connectivity index (χ1v) is 9.08. The molecular formula is C21H18F3N3O2. The molecule has 1 aliphatic rings. The number of anilines is 1. The molecule has 4 rings (SSSR count). The summed E-state index contributed by atoms with van der Waals surface area (Å²) >= 11 is 0. The third kappa shape index (κ3) is 3.96. The second kappa shape index (κ2) is 7.27. The molecule has 5 nitrogen and oxygen atoms in total. The maximum absolute atomic E-state index is 12.9. The van der Waals surface area contributed by atoms with Gasteiger partial charge in [0.15, 0.2) is 0 Å². The molecule has 0 atom stereocenters. The molecule has 1 amide bonds. The normalized spacial score (nSPS) is 13.9. The SMILES string of the molecule is COc1cccc(C(=O)Nc2c(-c3ccc(C(F)(F)F)cc3)n[nH]c2C2CC2)c1. The molecule has 0 radical (unpaired) electrons. The lowest BCUT2D eigenvalue weighted by atomic mass is 10.1. The van der Waals surface area contributed by atoms with Crippen LogP contribution in [0.5, 0.6) is 5.75 Å². The van der Waals surface area contributed by atoms with Crippen LogP contribution in [0.4, 0.5) is 18.9 Å². The zero-order valence-corrected chi connectivity index (χ0v) is 15.5. The number of methoxy groups -OCH3 is 1. The third-order valence-corrected chi connectivity index (χ3v) is 4.84. The largest absolute Gasteiger partial charge is 0.497 e. The molecule has 0 bridgehead atoms. The number of hydrogen-bond acceptors (Lipinski definition) is 3. The van der Waals surface area contributed by atoms with Crippen LogP contribution in [0.1, 0.15) is 40.4 Å². The van der Waals surface area contributed by atoms with Crippen LogP contribution in [-0.2, 0) is 6.18 Å². The predicted molar refractivity (Wildman–Crippen MR) is 102 cm³/mol. The van der Waals surface area contributed by atoms with Crippen molar-refractivity contribution in [3.8, 4) is 17.0 Å². The first kappa shape index (κ1) is 19.0. The highest BCUT2D eigenvalue weighted by atomic mass is 19.4. The summed E-state index contributed by atoms with van der Waals surface area (Å²) in [5, 5.41) is 10.1. The van der Waals surface area contributed by atoms with Crippen molar-refractivity contribution >= 4 is 11.6 Å². The van der Waals surface area contributed by atoms with Crippen LogP contribution in [0.3, 0.4) is 0 Å². The Morgan fingerprint density at radius 2 is 1.90 bits per heavy atom. The average Bonchev–Trinajstić information content (AvgIpc) is 3.48. The van der Waals surface area contributed by atoms with Gasteiger partial charge < -0.3 is 10.1 Å². The first-order chi connectivity index (χ1) is 13.9. The van der Waals surface area contributed by atoms with E-state index in [9.17, 15) is 18.0 Å². The van der Waals surface area contributed by atoms with Crippen molar-refractivity contribution in [2.45, 2.75) is 24.9 Å². The molecular weight excluding hydrogens is 383 g/mol. The van der Waals surface area contributed by atoms with Crippen LogP contribution < -0.4 is 10.1 Å². The van der Waals surface area contributed by atoms with Crippen molar-refractivity contribution < 1.29 is 22.7 Å². The number of nitrogens with one attached hydrogen (secondary N) is 2. The van der Waals surface area contributed by atoms with Gasteiger partial charge in [0.2, 0.25) is 0 Å². The number of benzene rings is 2. The summed E-state index contributed by atoms with van der Waals surface area (Å²) in [4.78, 5) is 12.8. The highest BCUT2D eigenvalue weighted by Gasteiger charge is 2.32. The summed E-state index contributed by atoms with van der Waals surface area (Å²) in [5.41, 5.74) is 1.86. The van der Waals surface area contributed by atoms with Crippen molar-refractivity contribution in [2.75, 3.05) is 12.4 Å². The molecule has 29 heavy (non-hydrogen) atoms. The van der Waals surface area contributed by atoms with Gasteiger partial charge >= 0.3 is 6.18 Å². The predicted octanol–water partition coefficient (Wildman–Crippen LogP) is 5.23. The number of carbonyl (C=O) groups is 1. The lowest BCUT2D eigenvalue weighted by Crippen LogP contribution is -2.13. The maximum atomic E-state index is 12.9. The Hall–Kier alpha value is -3.29. The Morgan fingerprint density at radius 1 is 1.17 bits per heavy atom. The molecule has 150 valence electrons. The minimum atomic E-state index is -4.41. The number of carbonyl (C=O) groups excluding carboxylic acids is 1. The van der Waals surface area contributed by atoms with Gasteiger partial charge in [-0.3, -0.25) is 9.89 Å². The lowest BCUT2D eigenvalue weighted by Gasteiger charge is -2.10. The van der Waals surface area contributed by atoms with E-state index < -0.39 is 11.7 Å². The van der Waals surface area contributed by atoms with Gasteiger partial charge in [0.25, 0.3) is 5.91 Å². The third-order valence-electron chi connectivity index (χ3n) is 4.84. The monoisotopic (exact) mass is 401 g/mol. The van der Waals surface area contributed by atoms with Gasteiger partial charge in [-0.1, -0.05) is 18.2 Å². The highest BCUT2D eigenvalue weighted by molar-refractivity contribution is 6.06. The maximum Gasteiger partial charge on any atom is 0.416 e. The van der Waals surface area contributed by atoms with Gasteiger partial charge in [-0.25, -0.2) is 0 Å². The van der Waals surface area contributed by atoms with Crippen LogP contribution >= 0.6 is 0 Å². The Balaban J connectivity index is 1.67. The molecule has 0 aliphatic heterocycles. The Labute approximate surface area is 164 Å². The van der Waals surface area contributed by atoms with Gasteiger partial charge in [0.05, 0.1) is 24.1 Å². The number of alkyl halides is 3. The molecule has 1 heterocycles. The van der Waals surface area contributed by atoms with Crippen LogP contribution in [0, 0.1) is 0 Å². The summed E-state index contributed by atoms with van der Waals surface area (Å²) in [6.45, 7) is 0. The topological polar surface area (TPSA) is 67.0 Å². The number of aromatic amines is 1. The van der Waals surface area contributed by atoms with E-state index in [1.165, 1.54) is 19.2 Å². The zero-order chi connectivity index (χ0) is 20.6. The number of halogens is 3. The fourth-order valence-corrected chi connectivity index (χ4v) is 3.13. The van der Waals surface area contributed by atoms with Crippen LogP contribution in [0.15, 0.2) is 48.5 Å². The van der Waals surface area contributed by atoms with Crippen molar-refractivity contribution in [1.29, 1.82) is 0 Å². The van der Waals surface area contributed by atoms with Gasteiger partial charge in [0, 0.05) is 17.0 Å². The second-order valence-corrected chi connectivity index (χ2v) is 6.90. The number of rotatable bonds is 5. The van der Waals surface area contributed by atoms with Crippen molar-refractivity contribution in [2.24, 2.45) is 0 Å². The fourth-order valence-electron chi connectivity index (χ4n) is 3.13. The van der Waals surface area contributed by atoms with Crippen molar-refractivity contribution in [1.82, 2.24) is 10.2 Å². The summed E-state index contributed by atoms with van der Waals surface area (Å²) in [6.07, 6.45) is -2.47. The van der Waals surface area contributed by atoms with Crippen molar-refractivity contribution in [3.63, 3.8) is 0 Å². The molecule has 0 spiro atoms. The summed E-state index contributed by atoms with van der Waals surface area (Å²) in [6, 6.07) is 11.5. The summed E-state index contributed by atoms with van der Waals surface area (Å²) < 4.78 is 43.7. The summed E-state index contributed by atoms with van der Waals surface area (Å²) in [7, 11) is 1.51. The molecule has 1 saturated carbocycles. The van der Waals surface area contributed by atoms with E-state index in [1.54, 1.807) is 24.3 Å². The standard InChI is InChI=1S/C21H18F3N3O2/c1-29-16-4-2-3-14(11-16)20(28)25-19-17(12-5-6-12)26-27-18(19)13-7-9-15(10-8-13)21(22,23)24/h2-4,7-12H,5-6H2,1H3,(H,25,28)(H,26,27). The van der Waals surface area contributed by atoms with Gasteiger partial charge in [0.1, 0.15) is 11.4 Å². The molecule has 1 aromatic heterocycles. The molecule has 3 aromatic rings. The molecule has 1 aliphatic carbocycles. The van der Waals surface area contributed by atoms with E-state index >= 15 is 0 Å². The Morgan fingerprint density at radius 3 is 2.52 bits per heavy atom. The van der Waals surface area contributed by atoms with E-state index in [0.717, 1.165) is 30.7 Å². The number of ether oxygens (including phenoxy) is 1. The molecule has 2 N–H and O–H groups in total. The smallest absolute Gasteiger partial charge is 0.416 e. The van der Waals surface area contributed by atoms with E-state index in [2.05, 4.69) is 15.5 Å². The highest BCUT2D eigenvalue weighted by Crippen LogP contribution is 2.45. The lowest BCUT2D eigenvalue weighted by molar-refractivity contribution is -0.137. The number of H-pyrrole nitrogens is 1. The van der Waals surface area contributed by atoms with Gasteiger partial charge in [-0.15, -0.1) is 0 Å². The zero-order valence-electron chi connectivity index (χ0n) is 15.5. The minimum absolute atomic E-state index is 0.256. The number of amides is 1. The minimum Gasteiger partial charge on any atom is -0.497 e. The van der Waals surface area contributed by atoms with E-state index in [0.29, 0.717) is 28.3 Å². The van der Waals surface area contributed by atoms with E-state index in [1.807, 2.05) is 0 Å². The first-order valence-electron chi connectivity index (χ1n) is 9.08. The molecule has 0 saturated heterocycles. The molecule has 8 heteroatoms. The van der Waals surface area contributed by atoms with E-state index in [-0.39, 0.29) is 11.8 Å². The van der Waals surface area contributed by atoms with Gasteiger partial charge in [-0.2, -0.15) is 18.3 Å². The number of aromatic nitrogens is 2. The van der Waals surface area contributed by atoms with E-state index in [4.69, 9.17) is 4.74 Å². The van der Waals surface area contributed by atoms with Crippen LogP contribution in [0.25, 0.3) is 11.3 Å². The van der Waals surface area contributed by atoms with Gasteiger partial charge in [-0.05, 0) is 43.2 Å². The second-order valence-electron chi connectivity index (χ2n) is 6.90. The molecule has 1 fully saturated rings. The molecule has 2 aromatic carbocycles. The average molecular weight is 401 g/mol. The van der Waals surface area contributed by atoms with Crippen LogP contribution in [-0.4, -0.2) is 23.2 Å². The van der Waals surface area contributed by atoms with Crippen LogP contribution in [0.2, 0.25) is 0 Å². The number of hydrogen-bond donors (Lipinski definition) is 2. The Bertz CT molecular complexity index is 1040. The summed E-state index contributed by atoms with van der Waals surface area (Å²) in [5.74, 6) is 0.460. The quantitative estimate of drug-likeness (QED) is 0.615. The molecule has 0 unspecified atom stereocenters.